The number of fused-ring (bicyclic) bond motifs is 1. The van der Waals surface area contributed by atoms with Crippen molar-refractivity contribution in [3.8, 4) is 17.3 Å². The zero-order chi connectivity index (χ0) is 21.1. The Balaban J connectivity index is 1.94. The number of carbonyl (C=O) groups is 1. The van der Waals surface area contributed by atoms with E-state index in [4.69, 9.17) is 15.2 Å². The van der Waals surface area contributed by atoms with Crippen molar-refractivity contribution in [3.63, 3.8) is 0 Å². The topological polar surface area (TPSA) is 130 Å². The van der Waals surface area contributed by atoms with Crippen LogP contribution in [0.25, 0.3) is 22.3 Å². The maximum atomic E-state index is 12.8. The fourth-order valence-electron chi connectivity index (χ4n) is 3.68. The predicted molar refractivity (Wildman–Crippen MR) is 111 cm³/mol. The molecule has 30 heavy (non-hydrogen) atoms. The molecule has 3 aromatic rings. The van der Waals surface area contributed by atoms with Crippen molar-refractivity contribution in [2.75, 3.05) is 37.7 Å². The number of morpholine rings is 1. The number of aromatic amines is 1. The van der Waals surface area contributed by atoms with Crippen LogP contribution in [-0.4, -0.2) is 60.1 Å². The number of nitrogens with zero attached hydrogens (tertiary/aromatic N) is 4. The predicted octanol–water partition coefficient (Wildman–Crippen LogP) is 1.84. The van der Waals surface area contributed by atoms with Gasteiger partial charge in [-0.1, -0.05) is 12.1 Å². The van der Waals surface area contributed by atoms with Crippen LogP contribution in [-0.2, 0) is 9.47 Å². The Kier molecular flexibility index (Phi) is 5.61. The van der Waals surface area contributed by atoms with Crippen molar-refractivity contribution in [2.45, 2.75) is 13.0 Å². The highest BCUT2D eigenvalue weighted by atomic mass is 16.5. The maximum absolute atomic E-state index is 12.8. The van der Waals surface area contributed by atoms with E-state index in [9.17, 15) is 10.1 Å². The van der Waals surface area contributed by atoms with E-state index < -0.39 is 5.97 Å². The molecular formula is C21H22N6O3. The van der Waals surface area contributed by atoms with E-state index in [0.29, 0.717) is 59.8 Å². The Bertz CT molecular complexity index is 1120. The first-order valence-corrected chi connectivity index (χ1v) is 9.77. The average Bonchev–Trinajstić information content (AvgIpc) is 3.23. The quantitative estimate of drug-likeness (QED) is 0.614. The number of anilines is 1. The maximum Gasteiger partial charge on any atom is 0.341 e. The zero-order valence-electron chi connectivity index (χ0n) is 16.6. The summed E-state index contributed by atoms with van der Waals surface area (Å²) in [7, 11) is 0. The minimum absolute atomic E-state index is 0.144. The van der Waals surface area contributed by atoms with Gasteiger partial charge in [-0.3, -0.25) is 5.10 Å². The number of carbonyl (C=O) groups excluding carboxylic acids is 1. The van der Waals surface area contributed by atoms with Gasteiger partial charge in [-0.2, -0.15) is 10.4 Å². The molecule has 9 heteroatoms. The van der Waals surface area contributed by atoms with Crippen LogP contribution in [0.5, 0.6) is 0 Å². The number of nitrogens with one attached hydrogen (secondary N) is 1. The molecule has 154 valence electrons. The number of nitrogens with two attached hydrogens (primary N) is 1. The molecule has 3 N–H and O–H groups in total. The molecule has 1 aliphatic rings. The molecule has 0 amide bonds. The first-order valence-electron chi connectivity index (χ1n) is 9.77. The van der Waals surface area contributed by atoms with Crippen LogP contribution in [0.15, 0.2) is 30.5 Å². The molecule has 2 aromatic heterocycles. The number of benzene rings is 1. The van der Waals surface area contributed by atoms with Gasteiger partial charge in [0.25, 0.3) is 0 Å². The zero-order valence-corrected chi connectivity index (χ0v) is 16.6. The lowest BCUT2D eigenvalue weighted by atomic mass is 10.0. The number of rotatable bonds is 5. The van der Waals surface area contributed by atoms with Crippen molar-refractivity contribution in [1.29, 1.82) is 5.26 Å². The molecule has 0 bridgehead atoms. The summed E-state index contributed by atoms with van der Waals surface area (Å²) in [5.74, 6) is -0.449. The summed E-state index contributed by atoms with van der Waals surface area (Å²) >= 11 is 0. The van der Waals surface area contributed by atoms with Gasteiger partial charge in [-0.25, -0.2) is 9.78 Å². The Labute approximate surface area is 173 Å². The average molecular weight is 406 g/mol. The van der Waals surface area contributed by atoms with Crippen LogP contribution >= 0.6 is 0 Å². The number of ether oxygens (including phenoxy) is 2. The summed E-state index contributed by atoms with van der Waals surface area (Å²) in [6, 6.07) is 9.35. The molecular weight excluding hydrogens is 384 g/mol. The first-order chi connectivity index (χ1) is 14.7. The van der Waals surface area contributed by atoms with Gasteiger partial charge in [0.05, 0.1) is 47.7 Å². The molecule has 3 heterocycles. The third-order valence-electron chi connectivity index (χ3n) is 5.05. The number of pyridine rings is 1. The molecule has 0 radical (unpaired) electrons. The minimum Gasteiger partial charge on any atom is -0.462 e. The number of H-pyrrole nitrogens is 1. The highest BCUT2D eigenvalue weighted by Crippen LogP contribution is 2.37. The molecule has 1 atom stereocenters. The van der Waals surface area contributed by atoms with Gasteiger partial charge in [0.15, 0.2) is 5.65 Å². The Morgan fingerprint density at radius 2 is 2.37 bits per heavy atom. The third kappa shape index (κ3) is 3.58. The summed E-state index contributed by atoms with van der Waals surface area (Å²) in [5, 5.41) is 17.3. The molecule has 1 fully saturated rings. The second-order valence-electron chi connectivity index (χ2n) is 6.91. The minimum atomic E-state index is -0.449. The molecule has 0 spiro atoms. The van der Waals surface area contributed by atoms with Crippen LogP contribution in [0.1, 0.15) is 22.8 Å². The number of aromatic nitrogens is 3. The Morgan fingerprint density at radius 3 is 3.13 bits per heavy atom. The van der Waals surface area contributed by atoms with E-state index in [-0.39, 0.29) is 12.7 Å². The molecule has 4 rings (SSSR count). The summed E-state index contributed by atoms with van der Waals surface area (Å²) in [6.45, 7) is 4.01. The smallest absolute Gasteiger partial charge is 0.341 e. The van der Waals surface area contributed by atoms with Crippen LogP contribution in [0.2, 0.25) is 0 Å². The van der Waals surface area contributed by atoms with Crippen LogP contribution in [0.4, 0.5) is 5.69 Å². The second kappa shape index (κ2) is 8.49. The van der Waals surface area contributed by atoms with E-state index in [1.54, 1.807) is 19.1 Å². The summed E-state index contributed by atoms with van der Waals surface area (Å²) in [6.07, 6.45) is 1.35. The second-order valence-corrected chi connectivity index (χ2v) is 6.91. The van der Waals surface area contributed by atoms with Crippen molar-refractivity contribution in [1.82, 2.24) is 15.2 Å². The van der Waals surface area contributed by atoms with E-state index in [1.807, 2.05) is 12.1 Å². The van der Waals surface area contributed by atoms with Gasteiger partial charge >= 0.3 is 5.97 Å². The summed E-state index contributed by atoms with van der Waals surface area (Å²) in [5.41, 5.74) is 9.35. The van der Waals surface area contributed by atoms with Crippen molar-refractivity contribution in [3.05, 3.63) is 41.6 Å². The molecule has 0 saturated carbocycles. The molecule has 1 aromatic carbocycles. The number of esters is 1. The van der Waals surface area contributed by atoms with Crippen molar-refractivity contribution in [2.24, 2.45) is 5.73 Å². The highest BCUT2D eigenvalue weighted by Gasteiger charge is 2.29. The van der Waals surface area contributed by atoms with Gasteiger partial charge in [-0.05, 0) is 19.1 Å². The van der Waals surface area contributed by atoms with Crippen molar-refractivity contribution < 1.29 is 14.3 Å². The molecule has 0 aliphatic carbocycles. The molecule has 1 saturated heterocycles. The summed E-state index contributed by atoms with van der Waals surface area (Å²) < 4.78 is 11.0. The van der Waals surface area contributed by atoms with E-state index in [2.05, 4.69) is 26.2 Å². The SMILES string of the molecule is CCOC(=O)c1cnc2n[nH]c(-c3cccc(C#N)c3)c2c1N1CCOC(CN)C1. The van der Waals surface area contributed by atoms with Gasteiger partial charge in [-0.15, -0.1) is 0 Å². The monoisotopic (exact) mass is 406 g/mol. The fourth-order valence-corrected chi connectivity index (χ4v) is 3.68. The first kappa shape index (κ1) is 19.8. The lowest BCUT2D eigenvalue weighted by molar-refractivity contribution is 0.0456. The van der Waals surface area contributed by atoms with Gasteiger partial charge in [0.1, 0.15) is 5.56 Å². The molecule has 9 nitrogen and oxygen atoms in total. The van der Waals surface area contributed by atoms with Crippen LogP contribution in [0, 0.1) is 11.3 Å². The normalized spacial score (nSPS) is 16.4. The highest BCUT2D eigenvalue weighted by molar-refractivity contribution is 6.09. The van der Waals surface area contributed by atoms with Crippen LogP contribution in [0.3, 0.4) is 0 Å². The summed E-state index contributed by atoms with van der Waals surface area (Å²) in [4.78, 5) is 19.2. The molecule has 1 aliphatic heterocycles. The standard InChI is InChI=1S/C21H22N6O3/c1-2-29-21(28)16-11-24-20-17(19(16)27-6-7-30-15(10-23)12-27)18(25-26-20)14-5-3-4-13(8-14)9-22/h3-5,8,11,15H,2,6-7,10,12,23H2,1H3,(H,24,25,26). The van der Waals surface area contributed by atoms with Crippen molar-refractivity contribution >= 4 is 22.7 Å². The fraction of sp³-hybridized carbons (Fsp3) is 0.333. The number of nitriles is 1. The van der Waals surface area contributed by atoms with E-state index >= 15 is 0 Å². The third-order valence-corrected chi connectivity index (χ3v) is 5.05. The van der Waals surface area contributed by atoms with E-state index in [0.717, 1.165) is 5.56 Å². The largest absolute Gasteiger partial charge is 0.462 e. The Morgan fingerprint density at radius 1 is 1.50 bits per heavy atom. The van der Waals surface area contributed by atoms with Crippen LogP contribution < -0.4 is 10.6 Å². The van der Waals surface area contributed by atoms with Gasteiger partial charge < -0.3 is 20.1 Å². The lowest BCUT2D eigenvalue weighted by Crippen LogP contribution is -2.46. The molecule has 1 unspecified atom stereocenters. The van der Waals surface area contributed by atoms with Gasteiger partial charge in [0.2, 0.25) is 0 Å². The number of hydrogen-bond acceptors (Lipinski definition) is 8. The lowest BCUT2D eigenvalue weighted by Gasteiger charge is -2.35. The Hall–Kier alpha value is -3.48. The van der Waals surface area contributed by atoms with Gasteiger partial charge in [0, 0.05) is 31.4 Å². The van der Waals surface area contributed by atoms with E-state index in [1.165, 1.54) is 6.20 Å². The number of hydrogen-bond donors (Lipinski definition) is 2.